The fourth-order valence-corrected chi connectivity index (χ4v) is 3.14. The normalized spacial score (nSPS) is 12.7. The van der Waals surface area contributed by atoms with Crippen LogP contribution in [0.25, 0.3) is 0 Å². The van der Waals surface area contributed by atoms with Crippen molar-refractivity contribution in [2.75, 3.05) is 13.2 Å². The van der Waals surface area contributed by atoms with Gasteiger partial charge in [-0.25, -0.2) is 13.1 Å². The fourth-order valence-electron chi connectivity index (χ4n) is 2.11. The van der Waals surface area contributed by atoms with Crippen molar-refractivity contribution in [2.45, 2.75) is 17.9 Å². The number of nitrogens with one attached hydrogen (secondary N) is 1. The predicted molar refractivity (Wildman–Crippen MR) is 91.7 cm³/mol. The highest BCUT2D eigenvalue weighted by molar-refractivity contribution is 7.89. The van der Waals surface area contributed by atoms with Gasteiger partial charge in [0.05, 0.1) is 17.6 Å². The van der Waals surface area contributed by atoms with Crippen LogP contribution in [0.1, 0.15) is 17.2 Å². The van der Waals surface area contributed by atoms with Crippen molar-refractivity contribution in [1.29, 1.82) is 0 Å². The summed E-state index contributed by atoms with van der Waals surface area (Å²) in [5.74, 6) is 0. The van der Waals surface area contributed by atoms with Gasteiger partial charge in [0, 0.05) is 6.54 Å². The van der Waals surface area contributed by atoms with E-state index in [9.17, 15) is 8.42 Å². The van der Waals surface area contributed by atoms with E-state index in [4.69, 9.17) is 4.74 Å². The zero-order valence-corrected chi connectivity index (χ0v) is 13.9. The van der Waals surface area contributed by atoms with E-state index in [1.54, 1.807) is 30.3 Å². The lowest BCUT2D eigenvalue weighted by Gasteiger charge is -2.18. The quantitative estimate of drug-likeness (QED) is 0.756. The molecule has 1 N–H and O–H groups in total. The average molecular weight is 331 g/mol. The van der Waals surface area contributed by atoms with Crippen molar-refractivity contribution < 1.29 is 13.2 Å². The van der Waals surface area contributed by atoms with Crippen LogP contribution in [0, 0.1) is 6.92 Å². The van der Waals surface area contributed by atoms with Gasteiger partial charge in [-0.1, -0.05) is 54.1 Å². The summed E-state index contributed by atoms with van der Waals surface area (Å²) in [5, 5.41) is 0. The van der Waals surface area contributed by atoms with E-state index in [1.807, 2.05) is 37.3 Å². The predicted octanol–water partition coefficient (Wildman–Crippen LogP) is 3.22. The molecule has 2 aromatic carbocycles. The number of rotatable bonds is 8. The van der Waals surface area contributed by atoms with E-state index in [1.165, 1.54) is 0 Å². The molecule has 0 spiro atoms. The molecule has 0 aliphatic rings. The topological polar surface area (TPSA) is 55.4 Å². The summed E-state index contributed by atoms with van der Waals surface area (Å²) in [4.78, 5) is 0.249. The van der Waals surface area contributed by atoms with Crippen LogP contribution in [-0.4, -0.2) is 21.6 Å². The van der Waals surface area contributed by atoms with Crippen molar-refractivity contribution >= 4 is 10.0 Å². The molecule has 2 aromatic rings. The molecule has 0 aliphatic carbocycles. The first-order valence-electron chi connectivity index (χ1n) is 7.36. The molecule has 1 atom stereocenters. The van der Waals surface area contributed by atoms with Crippen molar-refractivity contribution in [3.63, 3.8) is 0 Å². The molecule has 0 bridgehead atoms. The molecule has 1 unspecified atom stereocenters. The summed E-state index contributed by atoms with van der Waals surface area (Å²) < 4.78 is 33.0. The van der Waals surface area contributed by atoms with Crippen LogP contribution in [0.2, 0.25) is 0 Å². The Morgan fingerprint density at radius 1 is 1.13 bits per heavy atom. The van der Waals surface area contributed by atoms with Gasteiger partial charge in [0.1, 0.15) is 0 Å². The Balaban J connectivity index is 2.11. The van der Waals surface area contributed by atoms with Crippen LogP contribution in [0.4, 0.5) is 0 Å². The van der Waals surface area contributed by atoms with Crippen molar-refractivity contribution in [3.8, 4) is 0 Å². The second kappa shape index (κ2) is 8.06. The third-order valence-electron chi connectivity index (χ3n) is 3.38. The first-order chi connectivity index (χ1) is 11.0. The Hall–Kier alpha value is -1.95. The van der Waals surface area contributed by atoms with E-state index in [2.05, 4.69) is 11.3 Å². The van der Waals surface area contributed by atoms with Crippen LogP contribution in [0.15, 0.2) is 72.1 Å². The van der Waals surface area contributed by atoms with E-state index in [0.29, 0.717) is 6.61 Å². The molecule has 0 aliphatic heterocycles. The van der Waals surface area contributed by atoms with Crippen molar-refractivity contribution in [3.05, 3.63) is 78.4 Å². The largest absolute Gasteiger partial charge is 0.368 e. The molecule has 23 heavy (non-hydrogen) atoms. The van der Waals surface area contributed by atoms with Crippen LogP contribution in [0.3, 0.4) is 0 Å². The van der Waals surface area contributed by atoms with Crippen molar-refractivity contribution in [1.82, 2.24) is 4.72 Å². The van der Waals surface area contributed by atoms with Gasteiger partial charge >= 0.3 is 0 Å². The number of benzene rings is 2. The number of sulfonamides is 1. The molecule has 0 radical (unpaired) electrons. The van der Waals surface area contributed by atoms with Gasteiger partial charge in [-0.2, -0.15) is 0 Å². The van der Waals surface area contributed by atoms with Crippen LogP contribution < -0.4 is 4.72 Å². The lowest BCUT2D eigenvalue weighted by atomic mass is 10.1. The molecule has 0 aromatic heterocycles. The van der Waals surface area contributed by atoms with E-state index < -0.39 is 10.0 Å². The zero-order chi connectivity index (χ0) is 16.7. The van der Waals surface area contributed by atoms with E-state index in [0.717, 1.165) is 11.1 Å². The van der Waals surface area contributed by atoms with Gasteiger partial charge in [-0.15, -0.1) is 6.58 Å². The third kappa shape index (κ3) is 5.03. The zero-order valence-electron chi connectivity index (χ0n) is 13.1. The Bertz CT molecular complexity index is 725. The highest BCUT2D eigenvalue weighted by Crippen LogP contribution is 2.18. The molecular formula is C18H21NO3S. The minimum absolute atomic E-state index is 0.161. The Labute approximate surface area is 137 Å². The summed E-state index contributed by atoms with van der Waals surface area (Å²) in [6.45, 7) is 6.06. The van der Waals surface area contributed by atoms with E-state index >= 15 is 0 Å². The number of ether oxygens (including phenoxy) is 1. The Kier molecular flexibility index (Phi) is 6.10. The van der Waals surface area contributed by atoms with Gasteiger partial charge < -0.3 is 4.74 Å². The molecule has 4 nitrogen and oxygen atoms in total. The number of hydrogen-bond acceptors (Lipinski definition) is 3. The van der Waals surface area contributed by atoms with Gasteiger partial charge in [0.2, 0.25) is 10.0 Å². The highest BCUT2D eigenvalue weighted by atomic mass is 32.2. The molecule has 0 heterocycles. The molecule has 0 fully saturated rings. The molecule has 0 saturated carbocycles. The SMILES string of the molecule is C=CCOC(CNS(=O)(=O)c1ccc(C)cc1)c1ccccc1. The van der Waals surface area contributed by atoms with Crippen LogP contribution in [-0.2, 0) is 14.8 Å². The van der Waals surface area contributed by atoms with Crippen LogP contribution in [0.5, 0.6) is 0 Å². The maximum atomic E-state index is 12.4. The Morgan fingerprint density at radius 2 is 1.78 bits per heavy atom. The number of hydrogen-bond donors (Lipinski definition) is 1. The summed E-state index contributed by atoms with van der Waals surface area (Å²) in [6.07, 6.45) is 1.28. The summed E-state index contributed by atoms with van der Waals surface area (Å²) >= 11 is 0. The lowest BCUT2D eigenvalue weighted by Crippen LogP contribution is -2.29. The summed E-state index contributed by atoms with van der Waals surface area (Å²) in [6, 6.07) is 16.3. The molecule has 0 amide bonds. The van der Waals surface area contributed by atoms with Crippen LogP contribution >= 0.6 is 0 Å². The van der Waals surface area contributed by atoms with Crippen molar-refractivity contribution in [2.24, 2.45) is 0 Å². The highest BCUT2D eigenvalue weighted by Gasteiger charge is 2.18. The third-order valence-corrected chi connectivity index (χ3v) is 4.82. The van der Waals surface area contributed by atoms with Gasteiger partial charge in [-0.05, 0) is 24.6 Å². The molecule has 122 valence electrons. The maximum absolute atomic E-state index is 12.4. The molecular weight excluding hydrogens is 310 g/mol. The standard InChI is InChI=1S/C18H21NO3S/c1-3-13-22-18(16-7-5-4-6-8-16)14-19-23(20,21)17-11-9-15(2)10-12-17/h3-12,18-19H,1,13-14H2,2H3. The first kappa shape index (κ1) is 17.4. The average Bonchev–Trinajstić information content (AvgIpc) is 2.56. The molecule has 5 heteroatoms. The minimum Gasteiger partial charge on any atom is -0.368 e. The summed E-state index contributed by atoms with van der Waals surface area (Å²) in [7, 11) is -3.56. The second-order valence-corrected chi connectivity index (χ2v) is 6.95. The summed E-state index contributed by atoms with van der Waals surface area (Å²) in [5.41, 5.74) is 1.93. The monoisotopic (exact) mass is 331 g/mol. The molecule has 2 rings (SSSR count). The second-order valence-electron chi connectivity index (χ2n) is 5.19. The fraction of sp³-hybridized carbons (Fsp3) is 0.222. The molecule has 0 saturated heterocycles. The Morgan fingerprint density at radius 3 is 2.39 bits per heavy atom. The van der Waals surface area contributed by atoms with Gasteiger partial charge in [-0.3, -0.25) is 0 Å². The van der Waals surface area contributed by atoms with Gasteiger partial charge in [0.25, 0.3) is 0 Å². The number of aryl methyl sites for hydroxylation is 1. The smallest absolute Gasteiger partial charge is 0.240 e. The maximum Gasteiger partial charge on any atom is 0.240 e. The minimum atomic E-state index is -3.56. The van der Waals surface area contributed by atoms with Gasteiger partial charge in [0.15, 0.2) is 0 Å². The van der Waals surface area contributed by atoms with E-state index in [-0.39, 0.29) is 17.5 Å². The lowest BCUT2D eigenvalue weighted by molar-refractivity contribution is 0.0780. The first-order valence-corrected chi connectivity index (χ1v) is 8.85.